The van der Waals surface area contributed by atoms with Gasteiger partial charge in [-0.3, -0.25) is 19.3 Å². The van der Waals surface area contributed by atoms with Gasteiger partial charge >= 0.3 is 6.36 Å². The third kappa shape index (κ3) is 3.99. The number of anilines is 2. The van der Waals surface area contributed by atoms with Gasteiger partial charge in [-0.25, -0.2) is 13.3 Å². The SMILES string of the molecule is O=C1c2cccc(NS(=O)(=O)c3ccc(OC(F)(F)F)cc3)c2C(=O)N1c1cccnc1. The van der Waals surface area contributed by atoms with Crippen LogP contribution in [-0.2, 0) is 10.0 Å². The number of hydrogen-bond donors (Lipinski definition) is 1. The van der Waals surface area contributed by atoms with Gasteiger partial charge in [0.15, 0.2) is 0 Å². The number of fused-ring (bicyclic) bond motifs is 1. The number of ether oxygens (including phenoxy) is 1. The monoisotopic (exact) mass is 463 g/mol. The minimum absolute atomic E-state index is 0.00650. The van der Waals surface area contributed by atoms with Crippen LogP contribution < -0.4 is 14.4 Å². The smallest absolute Gasteiger partial charge is 0.406 e. The second-order valence-electron chi connectivity index (χ2n) is 6.51. The summed E-state index contributed by atoms with van der Waals surface area (Å²) in [6.45, 7) is 0. The van der Waals surface area contributed by atoms with Crippen molar-refractivity contribution in [3.05, 3.63) is 78.1 Å². The van der Waals surface area contributed by atoms with Crippen LogP contribution in [0, 0.1) is 0 Å². The van der Waals surface area contributed by atoms with Gasteiger partial charge in [-0.05, 0) is 48.5 Å². The van der Waals surface area contributed by atoms with Crippen molar-refractivity contribution in [1.29, 1.82) is 0 Å². The van der Waals surface area contributed by atoms with E-state index in [1.54, 1.807) is 0 Å². The number of imide groups is 1. The average molecular weight is 463 g/mol. The first-order valence-corrected chi connectivity index (χ1v) is 10.4. The van der Waals surface area contributed by atoms with Crippen LogP contribution >= 0.6 is 0 Å². The van der Waals surface area contributed by atoms with Crippen molar-refractivity contribution < 1.29 is 35.9 Å². The van der Waals surface area contributed by atoms with Crippen LogP contribution in [0.3, 0.4) is 0 Å². The zero-order chi connectivity index (χ0) is 23.1. The molecule has 0 aliphatic carbocycles. The van der Waals surface area contributed by atoms with E-state index < -0.39 is 33.9 Å². The Morgan fingerprint density at radius 1 is 0.938 bits per heavy atom. The molecule has 4 rings (SSSR count). The van der Waals surface area contributed by atoms with Crippen LogP contribution in [-0.4, -0.2) is 31.6 Å². The first-order chi connectivity index (χ1) is 15.1. The van der Waals surface area contributed by atoms with Crippen molar-refractivity contribution in [2.24, 2.45) is 0 Å². The van der Waals surface area contributed by atoms with Gasteiger partial charge < -0.3 is 4.74 Å². The molecule has 3 aromatic rings. The van der Waals surface area contributed by atoms with Gasteiger partial charge in [0.2, 0.25) is 0 Å². The van der Waals surface area contributed by atoms with Gasteiger partial charge in [-0.1, -0.05) is 6.07 Å². The highest BCUT2D eigenvalue weighted by Gasteiger charge is 2.39. The van der Waals surface area contributed by atoms with Gasteiger partial charge in [0, 0.05) is 6.20 Å². The van der Waals surface area contributed by atoms with Crippen molar-refractivity contribution >= 4 is 33.2 Å². The maximum absolute atomic E-state index is 12.9. The summed E-state index contributed by atoms with van der Waals surface area (Å²) >= 11 is 0. The van der Waals surface area contributed by atoms with E-state index in [-0.39, 0.29) is 27.4 Å². The lowest BCUT2D eigenvalue weighted by atomic mass is 10.1. The summed E-state index contributed by atoms with van der Waals surface area (Å²) in [4.78, 5) is 30.1. The van der Waals surface area contributed by atoms with Crippen molar-refractivity contribution in [3.63, 3.8) is 0 Å². The fourth-order valence-electron chi connectivity index (χ4n) is 3.12. The van der Waals surface area contributed by atoms with Crippen molar-refractivity contribution in [2.75, 3.05) is 9.62 Å². The number of hydrogen-bond acceptors (Lipinski definition) is 6. The molecule has 8 nitrogen and oxygen atoms in total. The van der Waals surface area contributed by atoms with Crippen LogP contribution in [0.4, 0.5) is 24.5 Å². The van der Waals surface area contributed by atoms with Crippen molar-refractivity contribution in [1.82, 2.24) is 4.98 Å². The van der Waals surface area contributed by atoms with E-state index in [1.807, 2.05) is 0 Å². The number of carbonyl (C=O) groups excluding carboxylic acids is 2. The maximum atomic E-state index is 12.9. The Kier molecular flexibility index (Phi) is 5.09. The van der Waals surface area contributed by atoms with E-state index in [0.717, 1.165) is 29.2 Å². The summed E-state index contributed by atoms with van der Waals surface area (Å²) in [6.07, 6.45) is -2.14. The topological polar surface area (TPSA) is 106 Å². The summed E-state index contributed by atoms with van der Waals surface area (Å²) in [5.74, 6) is -1.98. The maximum Gasteiger partial charge on any atom is 0.573 e. The largest absolute Gasteiger partial charge is 0.573 e. The normalized spacial score (nSPS) is 13.8. The number of pyridine rings is 1. The molecule has 0 unspecified atom stereocenters. The Morgan fingerprint density at radius 3 is 2.28 bits per heavy atom. The van der Waals surface area contributed by atoms with Gasteiger partial charge in [0.05, 0.1) is 33.6 Å². The molecule has 1 aliphatic rings. The number of amides is 2. The second kappa shape index (κ2) is 7.64. The minimum atomic E-state index is -4.92. The summed E-state index contributed by atoms with van der Waals surface area (Å²) in [6, 6.07) is 10.6. The van der Waals surface area contributed by atoms with Gasteiger partial charge in [-0.15, -0.1) is 13.2 Å². The molecule has 1 aromatic heterocycles. The zero-order valence-corrected chi connectivity index (χ0v) is 16.6. The van der Waals surface area contributed by atoms with Crippen LogP contribution in [0.15, 0.2) is 71.9 Å². The first kappa shape index (κ1) is 21.3. The molecule has 32 heavy (non-hydrogen) atoms. The number of aromatic nitrogens is 1. The number of nitrogens with one attached hydrogen (secondary N) is 1. The zero-order valence-electron chi connectivity index (χ0n) is 15.8. The molecule has 2 aromatic carbocycles. The predicted molar refractivity (Wildman–Crippen MR) is 106 cm³/mol. The third-order valence-corrected chi connectivity index (χ3v) is 5.81. The molecule has 0 spiro atoms. The lowest BCUT2D eigenvalue weighted by Crippen LogP contribution is -2.29. The molecule has 164 valence electrons. The molecule has 0 saturated carbocycles. The Morgan fingerprint density at radius 2 is 1.66 bits per heavy atom. The number of rotatable bonds is 5. The summed E-state index contributed by atoms with van der Waals surface area (Å²) < 4.78 is 68.3. The van der Waals surface area contributed by atoms with Gasteiger partial charge in [0.1, 0.15) is 5.75 Å². The molecule has 0 atom stereocenters. The molecule has 0 bridgehead atoms. The summed E-state index contributed by atoms with van der Waals surface area (Å²) in [5.41, 5.74) is -0.0921. The third-order valence-electron chi connectivity index (χ3n) is 4.43. The number of alkyl halides is 3. The molecule has 1 N–H and O–H groups in total. The molecule has 12 heteroatoms. The van der Waals surface area contributed by atoms with Crippen molar-refractivity contribution in [2.45, 2.75) is 11.3 Å². The first-order valence-electron chi connectivity index (χ1n) is 8.87. The highest BCUT2D eigenvalue weighted by Crippen LogP contribution is 2.34. The quantitative estimate of drug-likeness (QED) is 0.580. The predicted octanol–water partition coefficient (Wildman–Crippen LogP) is 3.58. The molecule has 1 aliphatic heterocycles. The average Bonchev–Trinajstić information content (AvgIpc) is 2.99. The molecule has 2 heterocycles. The fraction of sp³-hybridized carbons (Fsp3) is 0.0500. The summed E-state index contributed by atoms with van der Waals surface area (Å²) in [5, 5.41) is 0. The van der Waals surface area contributed by atoms with E-state index in [2.05, 4.69) is 14.4 Å². The molecular weight excluding hydrogens is 451 g/mol. The van der Waals surface area contributed by atoms with Crippen LogP contribution in [0.2, 0.25) is 0 Å². The van der Waals surface area contributed by atoms with Crippen LogP contribution in [0.5, 0.6) is 5.75 Å². The Balaban J connectivity index is 1.65. The lowest BCUT2D eigenvalue weighted by Gasteiger charge is -2.14. The van der Waals surface area contributed by atoms with Crippen molar-refractivity contribution in [3.8, 4) is 5.75 Å². The number of nitrogens with zero attached hydrogens (tertiary/aromatic N) is 2. The Labute approximate surface area is 179 Å². The standard InChI is InChI=1S/C20H12F3N3O5S/c21-20(22,23)31-13-6-8-14(9-7-13)32(29,30)25-16-5-1-4-15-17(16)19(28)26(18(15)27)12-3-2-10-24-11-12/h1-11,25H. The molecule has 0 fully saturated rings. The van der Waals surface area contributed by atoms with Gasteiger partial charge in [0.25, 0.3) is 21.8 Å². The highest BCUT2D eigenvalue weighted by molar-refractivity contribution is 7.92. The van der Waals surface area contributed by atoms with Crippen LogP contribution in [0.1, 0.15) is 20.7 Å². The lowest BCUT2D eigenvalue weighted by molar-refractivity contribution is -0.274. The Bertz CT molecular complexity index is 1310. The summed E-state index contributed by atoms with van der Waals surface area (Å²) in [7, 11) is -4.30. The number of benzene rings is 2. The van der Waals surface area contributed by atoms with E-state index in [0.29, 0.717) is 0 Å². The molecule has 2 amide bonds. The number of sulfonamides is 1. The fourth-order valence-corrected chi connectivity index (χ4v) is 4.19. The second-order valence-corrected chi connectivity index (χ2v) is 8.19. The highest BCUT2D eigenvalue weighted by atomic mass is 32.2. The van der Waals surface area contributed by atoms with E-state index in [1.165, 1.54) is 42.7 Å². The van der Waals surface area contributed by atoms with Crippen LogP contribution in [0.25, 0.3) is 0 Å². The molecule has 0 saturated heterocycles. The van der Waals surface area contributed by atoms with E-state index in [4.69, 9.17) is 0 Å². The molecular formula is C20H12F3N3O5S. The minimum Gasteiger partial charge on any atom is -0.406 e. The number of halogens is 3. The van der Waals surface area contributed by atoms with E-state index in [9.17, 15) is 31.2 Å². The van der Waals surface area contributed by atoms with E-state index >= 15 is 0 Å². The number of carbonyl (C=O) groups is 2. The van der Waals surface area contributed by atoms with Gasteiger partial charge in [-0.2, -0.15) is 0 Å². The Hall–Kier alpha value is -3.93. The molecule has 0 radical (unpaired) electrons.